The summed E-state index contributed by atoms with van der Waals surface area (Å²) in [6.45, 7) is 8.35. The molecule has 0 aliphatic heterocycles. The van der Waals surface area contributed by atoms with Crippen molar-refractivity contribution in [1.82, 2.24) is 9.97 Å². The van der Waals surface area contributed by atoms with Crippen LogP contribution in [-0.2, 0) is 0 Å². The summed E-state index contributed by atoms with van der Waals surface area (Å²) in [7, 11) is 0. The van der Waals surface area contributed by atoms with Gasteiger partial charge < -0.3 is 5.11 Å². The molecule has 1 rings (SSSR count). The van der Waals surface area contributed by atoms with Crippen LogP contribution in [0.3, 0.4) is 0 Å². The average molecular weight is 194 g/mol. The monoisotopic (exact) mass is 194 g/mol. The topological polar surface area (TPSA) is 46.0 Å². The Morgan fingerprint density at radius 2 is 1.93 bits per heavy atom. The maximum Gasteiger partial charge on any atom is 0.101 e. The van der Waals surface area contributed by atoms with Crippen LogP contribution in [0.1, 0.15) is 39.5 Å². The molecule has 0 aromatic carbocycles. The van der Waals surface area contributed by atoms with E-state index in [9.17, 15) is 5.11 Å². The van der Waals surface area contributed by atoms with Crippen LogP contribution in [0, 0.1) is 11.3 Å². The third-order valence-corrected chi connectivity index (χ3v) is 2.73. The Morgan fingerprint density at radius 1 is 1.29 bits per heavy atom. The maximum atomic E-state index is 10.0. The Balaban J connectivity index is 2.81. The van der Waals surface area contributed by atoms with Gasteiger partial charge in [-0.1, -0.05) is 27.7 Å². The van der Waals surface area contributed by atoms with E-state index in [-0.39, 0.29) is 11.3 Å². The smallest absolute Gasteiger partial charge is 0.101 e. The summed E-state index contributed by atoms with van der Waals surface area (Å²) >= 11 is 0. The molecule has 1 N–H and O–H groups in total. The van der Waals surface area contributed by atoms with Crippen LogP contribution in [-0.4, -0.2) is 15.1 Å². The summed E-state index contributed by atoms with van der Waals surface area (Å²) in [5, 5.41) is 10.0. The van der Waals surface area contributed by atoms with E-state index in [0.29, 0.717) is 5.69 Å². The second-order valence-corrected chi connectivity index (χ2v) is 4.73. The molecule has 0 saturated carbocycles. The van der Waals surface area contributed by atoms with Gasteiger partial charge in [0, 0.05) is 12.4 Å². The first-order valence-electron chi connectivity index (χ1n) is 4.87. The minimum atomic E-state index is -0.538. The molecule has 1 heterocycles. The number of rotatable bonds is 2. The first kappa shape index (κ1) is 11.1. The van der Waals surface area contributed by atoms with Gasteiger partial charge in [-0.25, -0.2) is 0 Å². The molecule has 2 unspecified atom stereocenters. The molecule has 3 heteroatoms. The lowest BCUT2D eigenvalue weighted by molar-refractivity contribution is 0.0500. The maximum absolute atomic E-state index is 10.0. The van der Waals surface area contributed by atoms with Gasteiger partial charge in [0.05, 0.1) is 11.9 Å². The second kappa shape index (κ2) is 4.05. The molecule has 3 nitrogen and oxygen atoms in total. The zero-order chi connectivity index (χ0) is 10.8. The Labute approximate surface area is 85.2 Å². The largest absolute Gasteiger partial charge is 0.386 e. The van der Waals surface area contributed by atoms with Gasteiger partial charge in [0.15, 0.2) is 0 Å². The molecule has 0 saturated heterocycles. The predicted molar refractivity (Wildman–Crippen MR) is 55.6 cm³/mol. The van der Waals surface area contributed by atoms with Crippen molar-refractivity contribution in [2.24, 2.45) is 11.3 Å². The van der Waals surface area contributed by atoms with E-state index in [1.54, 1.807) is 18.6 Å². The highest BCUT2D eigenvalue weighted by atomic mass is 16.3. The Morgan fingerprint density at radius 3 is 2.36 bits per heavy atom. The van der Waals surface area contributed by atoms with Gasteiger partial charge in [-0.05, 0) is 11.3 Å². The first-order valence-corrected chi connectivity index (χ1v) is 4.87. The Hall–Kier alpha value is -0.960. The molecule has 0 bridgehead atoms. The summed E-state index contributed by atoms with van der Waals surface area (Å²) in [5.74, 6) is 0.152. The number of aromatic nitrogens is 2. The van der Waals surface area contributed by atoms with Crippen molar-refractivity contribution >= 4 is 0 Å². The van der Waals surface area contributed by atoms with Crippen LogP contribution in [0.2, 0.25) is 0 Å². The van der Waals surface area contributed by atoms with Crippen LogP contribution in [0.4, 0.5) is 0 Å². The predicted octanol–water partition coefficient (Wildman–Crippen LogP) is 2.19. The first-order chi connectivity index (χ1) is 6.43. The molecule has 0 aliphatic rings. The SMILES string of the molecule is CC(C(O)c1cnccn1)C(C)(C)C. The highest BCUT2D eigenvalue weighted by molar-refractivity contribution is 5.01. The van der Waals surface area contributed by atoms with E-state index in [4.69, 9.17) is 0 Å². The van der Waals surface area contributed by atoms with Crippen molar-refractivity contribution < 1.29 is 5.11 Å². The van der Waals surface area contributed by atoms with Gasteiger partial charge in [-0.15, -0.1) is 0 Å². The standard InChI is InChI=1S/C11H18N2O/c1-8(11(2,3)4)10(14)9-7-12-5-6-13-9/h5-8,10,14H,1-4H3. The van der Waals surface area contributed by atoms with Crippen LogP contribution < -0.4 is 0 Å². The van der Waals surface area contributed by atoms with Crippen molar-refractivity contribution in [1.29, 1.82) is 0 Å². The molecule has 0 fully saturated rings. The van der Waals surface area contributed by atoms with Crippen LogP contribution in [0.25, 0.3) is 0 Å². The van der Waals surface area contributed by atoms with E-state index in [1.807, 2.05) is 6.92 Å². The Bertz CT molecular complexity index is 279. The fraction of sp³-hybridized carbons (Fsp3) is 0.636. The van der Waals surface area contributed by atoms with Gasteiger partial charge >= 0.3 is 0 Å². The van der Waals surface area contributed by atoms with Crippen LogP contribution in [0.15, 0.2) is 18.6 Å². The molecule has 14 heavy (non-hydrogen) atoms. The fourth-order valence-corrected chi connectivity index (χ4v) is 1.19. The summed E-state index contributed by atoms with van der Waals surface area (Å²) in [4.78, 5) is 8.05. The lowest BCUT2D eigenvalue weighted by Crippen LogP contribution is -2.24. The number of nitrogens with zero attached hydrogens (tertiary/aromatic N) is 2. The summed E-state index contributed by atoms with van der Waals surface area (Å²) in [6, 6.07) is 0. The molecule has 2 atom stereocenters. The number of aliphatic hydroxyl groups is 1. The summed E-state index contributed by atoms with van der Waals surface area (Å²) in [6.07, 6.45) is 4.29. The minimum absolute atomic E-state index is 0.0664. The lowest BCUT2D eigenvalue weighted by Gasteiger charge is -2.30. The highest BCUT2D eigenvalue weighted by Gasteiger charge is 2.28. The summed E-state index contributed by atoms with van der Waals surface area (Å²) < 4.78 is 0. The number of hydrogen-bond donors (Lipinski definition) is 1. The zero-order valence-electron chi connectivity index (χ0n) is 9.23. The molecule has 0 amide bonds. The van der Waals surface area contributed by atoms with Crippen molar-refractivity contribution in [2.45, 2.75) is 33.8 Å². The molecule has 1 aromatic heterocycles. The van der Waals surface area contributed by atoms with E-state index >= 15 is 0 Å². The summed E-state index contributed by atoms with van der Waals surface area (Å²) in [5.41, 5.74) is 0.714. The third-order valence-electron chi connectivity index (χ3n) is 2.73. The van der Waals surface area contributed by atoms with E-state index < -0.39 is 6.10 Å². The van der Waals surface area contributed by atoms with E-state index in [2.05, 4.69) is 30.7 Å². The fourth-order valence-electron chi connectivity index (χ4n) is 1.19. The molecular formula is C11H18N2O. The quantitative estimate of drug-likeness (QED) is 0.785. The van der Waals surface area contributed by atoms with Gasteiger partial charge in [0.2, 0.25) is 0 Å². The molecule has 1 aromatic rings. The molecular weight excluding hydrogens is 176 g/mol. The van der Waals surface area contributed by atoms with Gasteiger partial charge in [0.1, 0.15) is 6.10 Å². The minimum Gasteiger partial charge on any atom is -0.386 e. The van der Waals surface area contributed by atoms with E-state index in [0.717, 1.165) is 0 Å². The normalized spacial score (nSPS) is 16.4. The third kappa shape index (κ3) is 2.51. The van der Waals surface area contributed by atoms with Crippen molar-refractivity contribution in [3.05, 3.63) is 24.3 Å². The highest BCUT2D eigenvalue weighted by Crippen LogP contribution is 2.34. The second-order valence-electron chi connectivity index (χ2n) is 4.73. The van der Waals surface area contributed by atoms with Crippen LogP contribution >= 0.6 is 0 Å². The van der Waals surface area contributed by atoms with Gasteiger partial charge in [-0.2, -0.15) is 0 Å². The number of aliphatic hydroxyl groups excluding tert-OH is 1. The molecule has 0 aliphatic carbocycles. The average Bonchev–Trinajstić information content (AvgIpc) is 2.15. The Kier molecular flexibility index (Phi) is 3.21. The molecule has 0 radical (unpaired) electrons. The van der Waals surface area contributed by atoms with Crippen molar-refractivity contribution in [3.63, 3.8) is 0 Å². The van der Waals surface area contributed by atoms with Gasteiger partial charge in [0.25, 0.3) is 0 Å². The molecule has 0 spiro atoms. The zero-order valence-corrected chi connectivity index (χ0v) is 9.23. The van der Waals surface area contributed by atoms with Gasteiger partial charge in [-0.3, -0.25) is 9.97 Å². The number of hydrogen-bond acceptors (Lipinski definition) is 3. The molecule has 78 valence electrons. The van der Waals surface area contributed by atoms with E-state index in [1.165, 1.54) is 0 Å². The van der Waals surface area contributed by atoms with Crippen LogP contribution in [0.5, 0.6) is 0 Å². The van der Waals surface area contributed by atoms with Crippen molar-refractivity contribution in [2.75, 3.05) is 0 Å². The van der Waals surface area contributed by atoms with Crippen molar-refractivity contribution in [3.8, 4) is 0 Å². The lowest BCUT2D eigenvalue weighted by atomic mass is 9.78.